The highest BCUT2D eigenvalue weighted by molar-refractivity contribution is 4.76. The third-order valence-electron chi connectivity index (χ3n) is 2.17. The summed E-state index contributed by atoms with van der Waals surface area (Å²) < 4.78 is 0. The van der Waals surface area contributed by atoms with Crippen LogP contribution in [-0.4, -0.2) is 25.2 Å². The van der Waals surface area contributed by atoms with Crippen molar-refractivity contribution in [2.24, 2.45) is 0 Å². The van der Waals surface area contributed by atoms with Crippen LogP contribution in [0.4, 0.5) is 0 Å². The first kappa shape index (κ1) is 13.9. The van der Waals surface area contributed by atoms with Gasteiger partial charge in [-0.25, -0.2) is 0 Å². The Kier molecular flexibility index (Phi) is 8.76. The molecule has 0 aliphatic heterocycles. The molecule has 0 bridgehead atoms. The van der Waals surface area contributed by atoms with Crippen LogP contribution in [0.15, 0.2) is 0 Å². The molecule has 0 fully saturated rings. The Balaban J connectivity index is 3.45. The van der Waals surface area contributed by atoms with E-state index in [4.69, 9.17) is 10.5 Å². The van der Waals surface area contributed by atoms with Gasteiger partial charge >= 0.3 is 0 Å². The van der Waals surface area contributed by atoms with Gasteiger partial charge in [0.15, 0.2) is 0 Å². The molecule has 2 atom stereocenters. The highest BCUT2D eigenvalue weighted by Crippen LogP contribution is 1.97. The van der Waals surface area contributed by atoms with Crippen molar-refractivity contribution in [3.63, 3.8) is 0 Å². The molecule has 0 saturated carbocycles. The molecule has 2 N–H and O–H groups in total. The smallest absolute Gasteiger partial charge is 0.0635 e. The molecule has 0 amide bonds. The van der Waals surface area contributed by atoms with E-state index in [1.54, 1.807) is 0 Å². The third kappa shape index (κ3) is 9.21. The molecule has 0 aromatic heterocycles. The molecule has 84 valence electrons. The highest BCUT2D eigenvalue weighted by atomic mass is 14.9. The number of nitrogens with one attached hydrogen (secondary N) is 2. The monoisotopic (exact) mass is 208 g/mol. The zero-order valence-electron chi connectivity index (χ0n) is 9.58. The van der Waals surface area contributed by atoms with Gasteiger partial charge in [-0.05, 0) is 20.3 Å². The number of hydrogen-bond acceptors (Lipinski definition) is 4. The van der Waals surface area contributed by atoms with E-state index in [1.165, 1.54) is 0 Å². The van der Waals surface area contributed by atoms with Gasteiger partial charge in [-0.2, -0.15) is 10.5 Å². The quantitative estimate of drug-likeness (QED) is 0.587. The fourth-order valence-electron chi connectivity index (χ4n) is 1.45. The summed E-state index contributed by atoms with van der Waals surface area (Å²) in [5.41, 5.74) is 0. The van der Waals surface area contributed by atoms with Crippen LogP contribution >= 0.6 is 0 Å². The zero-order chi connectivity index (χ0) is 11.5. The maximum atomic E-state index is 8.37. The normalized spacial score (nSPS) is 13.9. The van der Waals surface area contributed by atoms with Crippen molar-refractivity contribution in [2.45, 2.75) is 45.2 Å². The van der Waals surface area contributed by atoms with E-state index in [0.717, 1.165) is 19.5 Å². The number of nitriles is 2. The highest BCUT2D eigenvalue weighted by Gasteiger charge is 2.06. The average molecular weight is 208 g/mol. The molecule has 4 nitrogen and oxygen atoms in total. The molecule has 15 heavy (non-hydrogen) atoms. The predicted octanol–water partition coefficient (Wildman–Crippen LogP) is 1.16. The van der Waals surface area contributed by atoms with E-state index >= 15 is 0 Å². The second-order valence-electron chi connectivity index (χ2n) is 3.76. The lowest BCUT2D eigenvalue weighted by atomic mass is 10.1. The van der Waals surface area contributed by atoms with Crippen molar-refractivity contribution >= 4 is 0 Å². The molecule has 4 heteroatoms. The van der Waals surface area contributed by atoms with Gasteiger partial charge in [0, 0.05) is 38.0 Å². The average Bonchev–Trinajstić information content (AvgIpc) is 2.18. The van der Waals surface area contributed by atoms with E-state index in [9.17, 15) is 0 Å². The van der Waals surface area contributed by atoms with Crippen molar-refractivity contribution in [3.8, 4) is 12.1 Å². The number of hydrogen-bond donors (Lipinski definition) is 2. The summed E-state index contributed by atoms with van der Waals surface area (Å²) in [6.45, 7) is 5.73. The van der Waals surface area contributed by atoms with E-state index < -0.39 is 0 Å². The summed E-state index contributed by atoms with van der Waals surface area (Å²) in [5, 5.41) is 23.3. The van der Waals surface area contributed by atoms with Gasteiger partial charge in [-0.1, -0.05) is 0 Å². The molecule has 0 radical (unpaired) electrons. The van der Waals surface area contributed by atoms with Crippen LogP contribution in [-0.2, 0) is 0 Å². The summed E-state index contributed by atoms with van der Waals surface area (Å²) >= 11 is 0. The molecule has 2 unspecified atom stereocenters. The van der Waals surface area contributed by atoms with Gasteiger partial charge < -0.3 is 10.6 Å². The summed E-state index contributed by atoms with van der Waals surface area (Å²) in [4.78, 5) is 0. The lowest BCUT2D eigenvalue weighted by Gasteiger charge is -2.18. The zero-order valence-corrected chi connectivity index (χ0v) is 9.58. The molecule has 0 saturated heterocycles. The third-order valence-corrected chi connectivity index (χ3v) is 2.17. The summed E-state index contributed by atoms with van der Waals surface area (Å²) in [7, 11) is 0. The van der Waals surface area contributed by atoms with E-state index in [-0.39, 0.29) is 0 Å². The topological polar surface area (TPSA) is 71.6 Å². The van der Waals surface area contributed by atoms with E-state index in [2.05, 4.69) is 36.6 Å². The van der Waals surface area contributed by atoms with Gasteiger partial charge in [0.05, 0.1) is 12.1 Å². The maximum Gasteiger partial charge on any atom is 0.0635 e. The van der Waals surface area contributed by atoms with Gasteiger partial charge in [0.1, 0.15) is 0 Å². The van der Waals surface area contributed by atoms with Crippen molar-refractivity contribution in [1.29, 1.82) is 10.5 Å². The molecule has 0 aromatic rings. The molecule has 0 aliphatic carbocycles. The summed E-state index contributed by atoms with van der Waals surface area (Å²) in [6.07, 6.45) is 2.12. The molecular weight excluding hydrogens is 188 g/mol. The second-order valence-corrected chi connectivity index (χ2v) is 3.76. The van der Waals surface area contributed by atoms with Crippen molar-refractivity contribution in [2.75, 3.05) is 13.1 Å². The van der Waals surface area contributed by atoms with Crippen LogP contribution in [0, 0.1) is 22.7 Å². The minimum absolute atomic E-state index is 0.405. The SMILES string of the molecule is CC(CC(C)NCCC#N)NCCC#N. The Labute approximate surface area is 92.3 Å². The Bertz CT molecular complexity index is 202. The largest absolute Gasteiger partial charge is 0.313 e. The molecule has 0 aliphatic rings. The molecule has 0 aromatic carbocycles. The molecule has 0 heterocycles. The summed E-state index contributed by atoms with van der Waals surface area (Å²) in [6, 6.07) is 5.02. The Morgan fingerprint density at radius 3 is 1.67 bits per heavy atom. The van der Waals surface area contributed by atoms with Gasteiger partial charge in [-0.3, -0.25) is 0 Å². The molecule has 0 rings (SSSR count). The molecular formula is C11H20N4. The minimum atomic E-state index is 0.405. The van der Waals surface area contributed by atoms with Crippen LogP contribution in [0.2, 0.25) is 0 Å². The van der Waals surface area contributed by atoms with Crippen LogP contribution in [0.25, 0.3) is 0 Å². The fraction of sp³-hybridized carbons (Fsp3) is 0.818. The standard InChI is InChI=1S/C11H20N4/c1-10(14-7-3-5-12)9-11(2)15-8-4-6-13/h10-11,14-15H,3-4,7-9H2,1-2H3. The van der Waals surface area contributed by atoms with E-state index in [1.807, 2.05) is 0 Å². The van der Waals surface area contributed by atoms with Crippen molar-refractivity contribution in [3.05, 3.63) is 0 Å². The lowest BCUT2D eigenvalue weighted by Crippen LogP contribution is -2.36. The van der Waals surface area contributed by atoms with Crippen molar-refractivity contribution < 1.29 is 0 Å². The Hall–Kier alpha value is -1.10. The predicted molar refractivity (Wildman–Crippen MR) is 60.0 cm³/mol. The first-order chi connectivity index (χ1) is 7.20. The van der Waals surface area contributed by atoms with Gasteiger partial charge in [0.2, 0.25) is 0 Å². The number of rotatable bonds is 8. The van der Waals surface area contributed by atoms with Gasteiger partial charge in [0.25, 0.3) is 0 Å². The first-order valence-corrected chi connectivity index (χ1v) is 5.41. The second kappa shape index (κ2) is 9.45. The van der Waals surface area contributed by atoms with Crippen LogP contribution in [0.1, 0.15) is 33.1 Å². The van der Waals surface area contributed by atoms with Crippen LogP contribution in [0.3, 0.4) is 0 Å². The fourth-order valence-corrected chi connectivity index (χ4v) is 1.45. The van der Waals surface area contributed by atoms with E-state index in [0.29, 0.717) is 24.9 Å². The maximum absolute atomic E-state index is 8.37. The Morgan fingerprint density at radius 2 is 1.33 bits per heavy atom. The van der Waals surface area contributed by atoms with Crippen molar-refractivity contribution in [1.82, 2.24) is 10.6 Å². The van der Waals surface area contributed by atoms with Gasteiger partial charge in [-0.15, -0.1) is 0 Å². The Morgan fingerprint density at radius 1 is 0.933 bits per heavy atom. The van der Waals surface area contributed by atoms with Crippen LogP contribution in [0.5, 0.6) is 0 Å². The molecule has 0 spiro atoms. The number of nitrogens with zero attached hydrogens (tertiary/aromatic N) is 2. The van der Waals surface area contributed by atoms with Crippen LogP contribution < -0.4 is 10.6 Å². The lowest BCUT2D eigenvalue weighted by molar-refractivity contribution is 0.432. The summed E-state index contributed by atoms with van der Waals surface area (Å²) in [5.74, 6) is 0. The first-order valence-electron chi connectivity index (χ1n) is 5.41. The minimum Gasteiger partial charge on any atom is -0.313 e.